The van der Waals surface area contributed by atoms with Crippen LogP contribution in [0.4, 0.5) is 26.3 Å². The van der Waals surface area contributed by atoms with Crippen LogP contribution in [0.3, 0.4) is 0 Å². The molecule has 3 aromatic rings. The summed E-state index contributed by atoms with van der Waals surface area (Å²) in [5, 5.41) is 8.56. The van der Waals surface area contributed by atoms with Crippen LogP contribution in [0.25, 0.3) is 6.08 Å². The van der Waals surface area contributed by atoms with Gasteiger partial charge in [-0.15, -0.1) is 0 Å². The van der Waals surface area contributed by atoms with E-state index >= 15 is 0 Å². The lowest BCUT2D eigenvalue weighted by Crippen LogP contribution is -2.34. The largest absolute Gasteiger partial charge is 0.490 e. The lowest BCUT2D eigenvalue weighted by molar-refractivity contribution is -0.143. The van der Waals surface area contributed by atoms with Crippen LogP contribution in [0.2, 0.25) is 0 Å². The molecule has 1 N–H and O–H groups in total. The van der Waals surface area contributed by atoms with E-state index < -0.39 is 35.6 Å². The van der Waals surface area contributed by atoms with Crippen LogP contribution in [0, 0.1) is 5.41 Å². The number of halogens is 6. The lowest BCUT2D eigenvalue weighted by atomic mass is 9.92. The average Bonchev–Trinajstić information content (AvgIpc) is 2.88. The number of hydrogen-bond acceptors (Lipinski definition) is 3. The topological polar surface area (TPSA) is 53.4 Å². The normalized spacial score (nSPS) is 12.1. The highest BCUT2D eigenvalue weighted by atomic mass is 19.4. The van der Waals surface area contributed by atoms with Gasteiger partial charge in [-0.25, -0.2) is 0 Å². The molecule has 3 aromatic carbocycles. The molecule has 4 nitrogen and oxygen atoms in total. The Morgan fingerprint density at radius 2 is 1.68 bits per heavy atom. The van der Waals surface area contributed by atoms with Gasteiger partial charge in [0, 0.05) is 18.1 Å². The van der Waals surface area contributed by atoms with E-state index in [1.807, 2.05) is 30.3 Å². The molecule has 3 rings (SSSR count). The molecule has 0 fully saturated rings. The van der Waals surface area contributed by atoms with Crippen LogP contribution < -0.4 is 10.2 Å². The van der Waals surface area contributed by atoms with Crippen LogP contribution in [-0.2, 0) is 30.3 Å². The van der Waals surface area contributed by atoms with Crippen LogP contribution in [-0.4, -0.2) is 24.5 Å². The molecule has 206 valence electrons. The first-order valence-electron chi connectivity index (χ1n) is 11.8. The maximum absolute atomic E-state index is 13.4. The number of nitrogens with one attached hydrogen (secondary N) is 1. The third-order valence-corrected chi connectivity index (χ3v) is 5.81. The number of benzene rings is 3. The molecule has 2 radical (unpaired) electrons. The third kappa shape index (κ3) is 7.65. The van der Waals surface area contributed by atoms with Crippen LogP contribution >= 0.6 is 0 Å². The maximum atomic E-state index is 13.4. The summed E-state index contributed by atoms with van der Waals surface area (Å²) in [6, 6.07) is 14.8. The molecule has 0 saturated carbocycles. The predicted molar refractivity (Wildman–Crippen MR) is 141 cm³/mol. The molecule has 1 amide bonds. The Morgan fingerprint density at radius 3 is 2.23 bits per heavy atom. The summed E-state index contributed by atoms with van der Waals surface area (Å²) in [7, 11) is 6.02. The third-order valence-electron chi connectivity index (χ3n) is 5.81. The predicted octanol–water partition coefficient (Wildman–Crippen LogP) is 6.69. The second-order valence-electron chi connectivity index (χ2n) is 8.70. The smallest absolute Gasteiger partial charge is 0.416 e. The first-order chi connectivity index (χ1) is 18.7. The molecule has 0 heterocycles. The number of amidine groups is 1. The number of rotatable bonds is 8. The van der Waals surface area contributed by atoms with Crippen LogP contribution in [0.15, 0.2) is 85.0 Å². The number of nitrogens with zero attached hydrogens (tertiary/aromatic N) is 1. The fourth-order valence-corrected chi connectivity index (χ4v) is 3.76. The second kappa shape index (κ2) is 12.3. The van der Waals surface area contributed by atoms with Crippen molar-refractivity contribution in [3.8, 4) is 5.75 Å². The Kier molecular flexibility index (Phi) is 9.29. The number of hydrogen-bond donors (Lipinski definition) is 1. The van der Waals surface area contributed by atoms with Gasteiger partial charge in [0.1, 0.15) is 26.0 Å². The molecule has 0 spiro atoms. The van der Waals surface area contributed by atoms with Crippen molar-refractivity contribution in [3.05, 3.63) is 113 Å². The molecule has 0 atom stereocenters. The molecule has 11 heteroatoms. The second-order valence-corrected chi connectivity index (χ2v) is 8.70. The van der Waals surface area contributed by atoms with E-state index in [0.717, 1.165) is 11.6 Å². The molecule has 40 heavy (non-hydrogen) atoms. The number of carbonyl (C=O) groups is 1. The van der Waals surface area contributed by atoms with Gasteiger partial charge in [-0.05, 0) is 35.4 Å². The van der Waals surface area contributed by atoms with E-state index in [9.17, 15) is 31.1 Å². The van der Waals surface area contributed by atoms with Crippen molar-refractivity contribution in [3.63, 3.8) is 0 Å². The molecular formula is C29H23BF6N2O2. The zero-order valence-corrected chi connectivity index (χ0v) is 21.2. The first kappa shape index (κ1) is 30.3. The Morgan fingerprint density at radius 1 is 1.00 bits per heavy atom. The Hall–Kier alpha value is -4.28. The van der Waals surface area contributed by atoms with E-state index in [4.69, 9.17) is 18.0 Å². The Bertz CT molecular complexity index is 1430. The summed E-state index contributed by atoms with van der Waals surface area (Å²) in [5.74, 6) is -0.451. The van der Waals surface area contributed by atoms with E-state index in [0.29, 0.717) is 17.2 Å². The van der Waals surface area contributed by atoms with Gasteiger partial charge in [-0.3, -0.25) is 15.1 Å². The zero-order valence-electron chi connectivity index (χ0n) is 21.2. The number of carbonyl (C=O) groups excluding carboxylic acids is 1. The molecule has 0 aliphatic carbocycles. The summed E-state index contributed by atoms with van der Waals surface area (Å²) in [5.41, 5.74) is -1.73. The van der Waals surface area contributed by atoms with E-state index in [-0.39, 0.29) is 35.6 Å². The summed E-state index contributed by atoms with van der Waals surface area (Å²) in [4.78, 5) is 13.5. The van der Waals surface area contributed by atoms with Gasteiger partial charge >= 0.3 is 12.4 Å². The Labute approximate surface area is 228 Å². The van der Waals surface area contributed by atoms with Crippen molar-refractivity contribution in [2.24, 2.45) is 0 Å². The van der Waals surface area contributed by atoms with Crippen molar-refractivity contribution < 1.29 is 35.9 Å². The molecule has 0 aliphatic heterocycles. The van der Waals surface area contributed by atoms with Gasteiger partial charge in [-0.2, -0.15) is 26.3 Å². The summed E-state index contributed by atoms with van der Waals surface area (Å²) >= 11 is 0. The van der Waals surface area contributed by atoms with E-state index in [1.54, 1.807) is 6.08 Å². The Balaban J connectivity index is 1.81. The van der Waals surface area contributed by atoms with Crippen molar-refractivity contribution in [2.45, 2.75) is 32.4 Å². The maximum Gasteiger partial charge on any atom is 0.416 e. The highest BCUT2D eigenvalue weighted by Crippen LogP contribution is 2.37. The number of alkyl halides is 6. The number of ether oxygens (including phenoxy) is 1. The van der Waals surface area contributed by atoms with Crippen LogP contribution in [0.5, 0.6) is 5.75 Å². The fourth-order valence-electron chi connectivity index (χ4n) is 3.76. The van der Waals surface area contributed by atoms with Crippen molar-refractivity contribution in [1.82, 2.24) is 4.90 Å². The monoisotopic (exact) mass is 556 g/mol. The molecule has 0 aromatic heterocycles. The van der Waals surface area contributed by atoms with E-state index in [2.05, 4.69) is 6.58 Å². The van der Waals surface area contributed by atoms with Gasteiger partial charge in [0.05, 0.1) is 17.7 Å². The molecule has 0 unspecified atom stereocenters. The SMILES string of the molecule is [B]c1cc(/C=C(\C=C)C(=N)N(Cc2ccccc2)C(C)=O)ccc1OCc1ccc(C(F)(F)F)cc1C(F)(F)F. The molecule has 0 aliphatic rings. The van der Waals surface area contributed by atoms with Crippen molar-refractivity contribution in [2.75, 3.05) is 0 Å². The number of amides is 1. The molecule has 0 bridgehead atoms. The highest BCUT2D eigenvalue weighted by Gasteiger charge is 2.38. The lowest BCUT2D eigenvalue weighted by Gasteiger charge is -2.22. The van der Waals surface area contributed by atoms with Gasteiger partial charge in [0.25, 0.3) is 0 Å². The van der Waals surface area contributed by atoms with Gasteiger partial charge in [-0.1, -0.05) is 66.6 Å². The quantitative estimate of drug-likeness (QED) is 0.111. The van der Waals surface area contributed by atoms with Gasteiger partial charge < -0.3 is 4.74 Å². The fraction of sp³-hybridized carbons (Fsp3) is 0.172. The minimum Gasteiger partial charge on any atom is -0.490 e. The average molecular weight is 556 g/mol. The van der Waals surface area contributed by atoms with E-state index in [1.165, 1.54) is 36.1 Å². The molecular weight excluding hydrogens is 533 g/mol. The summed E-state index contributed by atoms with van der Waals surface area (Å²) < 4.78 is 84.4. The van der Waals surface area contributed by atoms with Crippen LogP contribution in [0.1, 0.15) is 34.7 Å². The molecule has 0 saturated heterocycles. The van der Waals surface area contributed by atoms with Crippen molar-refractivity contribution in [1.29, 1.82) is 5.41 Å². The standard InChI is InChI=1S/C29H23BF6N2O2/c1-3-21(27(37)38(18(2)39)16-19-7-5-4-6-8-19)13-20-9-12-26(25(30)14-20)40-17-22-10-11-23(28(31,32)33)15-24(22)29(34,35)36/h3-15,37H,1,16-17H2,2H3/b21-13+,37-27?. The van der Waals surface area contributed by atoms with Gasteiger partial charge in [0.15, 0.2) is 0 Å². The zero-order chi connectivity index (χ0) is 29.7. The van der Waals surface area contributed by atoms with Crippen molar-refractivity contribution >= 4 is 31.1 Å². The highest BCUT2D eigenvalue weighted by molar-refractivity contribution is 6.34. The summed E-state index contributed by atoms with van der Waals surface area (Å²) in [6.07, 6.45) is -7.02. The van der Waals surface area contributed by atoms with Gasteiger partial charge in [0.2, 0.25) is 5.91 Å². The minimum atomic E-state index is -5.03. The first-order valence-corrected chi connectivity index (χ1v) is 11.8. The summed E-state index contributed by atoms with van der Waals surface area (Å²) in [6.45, 7) is 4.54. The minimum absolute atomic E-state index is 0.00911.